The van der Waals surface area contributed by atoms with Gasteiger partial charge in [0, 0.05) is 31.9 Å². The Bertz CT molecular complexity index is 1210. The van der Waals surface area contributed by atoms with E-state index < -0.39 is 0 Å². The summed E-state index contributed by atoms with van der Waals surface area (Å²) in [5, 5.41) is 2.47. The number of hydrogen-bond acceptors (Lipinski definition) is 3. The summed E-state index contributed by atoms with van der Waals surface area (Å²) >= 11 is 0. The third kappa shape index (κ3) is 1.69. The second-order valence-corrected chi connectivity index (χ2v) is 5.62. The molecule has 0 fully saturated rings. The fourth-order valence-corrected chi connectivity index (χ4v) is 3.13. The fourth-order valence-electron chi connectivity index (χ4n) is 3.13. The SMILES string of the molecule is COc1ccc2c(ccn3cc4c(c(=O)n(C)c(=O)n4C)c23)c1. The molecule has 0 aliphatic heterocycles. The fraction of sp³-hybridized carbons (Fsp3) is 0.176. The molecule has 116 valence electrons. The van der Waals surface area contributed by atoms with Crippen LogP contribution in [0.2, 0.25) is 0 Å². The van der Waals surface area contributed by atoms with E-state index in [1.54, 1.807) is 14.2 Å². The minimum Gasteiger partial charge on any atom is -0.497 e. The van der Waals surface area contributed by atoms with E-state index in [0.717, 1.165) is 26.6 Å². The molecule has 0 radical (unpaired) electrons. The number of pyridine rings is 1. The van der Waals surface area contributed by atoms with Crippen LogP contribution in [0.5, 0.6) is 5.75 Å². The summed E-state index contributed by atoms with van der Waals surface area (Å²) in [6.07, 6.45) is 3.71. The van der Waals surface area contributed by atoms with Gasteiger partial charge in [-0.15, -0.1) is 0 Å². The van der Waals surface area contributed by atoms with Gasteiger partial charge in [-0.1, -0.05) is 0 Å². The molecule has 4 aromatic rings. The summed E-state index contributed by atoms with van der Waals surface area (Å²) in [4.78, 5) is 24.8. The number of ether oxygens (including phenoxy) is 1. The van der Waals surface area contributed by atoms with E-state index >= 15 is 0 Å². The van der Waals surface area contributed by atoms with Crippen molar-refractivity contribution in [2.45, 2.75) is 0 Å². The molecule has 0 N–H and O–H groups in total. The maximum atomic E-state index is 12.7. The van der Waals surface area contributed by atoms with Crippen LogP contribution in [0.15, 0.2) is 46.2 Å². The van der Waals surface area contributed by atoms with Crippen LogP contribution in [-0.4, -0.2) is 20.6 Å². The predicted octanol–water partition coefficient (Wildman–Crippen LogP) is 1.65. The minimum absolute atomic E-state index is 0.283. The first-order valence-electron chi connectivity index (χ1n) is 7.20. The van der Waals surface area contributed by atoms with Gasteiger partial charge in [0.15, 0.2) is 0 Å². The molecule has 3 heterocycles. The third-order valence-electron chi connectivity index (χ3n) is 4.39. The molecular formula is C17H15N3O3. The second kappa shape index (κ2) is 4.49. The first-order valence-corrected chi connectivity index (χ1v) is 7.20. The molecule has 0 spiro atoms. The summed E-state index contributed by atoms with van der Waals surface area (Å²) < 4.78 is 9.79. The number of fused-ring (bicyclic) bond motifs is 5. The van der Waals surface area contributed by atoms with Gasteiger partial charge in [0.05, 0.1) is 23.5 Å². The van der Waals surface area contributed by atoms with E-state index in [2.05, 4.69) is 0 Å². The van der Waals surface area contributed by atoms with Gasteiger partial charge in [-0.25, -0.2) is 4.79 Å². The number of rotatable bonds is 1. The van der Waals surface area contributed by atoms with Crippen LogP contribution >= 0.6 is 0 Å². The van der Waals surface area contributed by atoms with Crippen molar-refractivity contribution in [2.24, 2.45) is 14.1 Å². The van der Waals surface area contributed by atoms with Gasteiger partial charge in [-0.2, -0.15) is 0 Å². The van der Waals surface area contributed by atoms with Gasteiger partial charge in [0.2, 0.25) is 0 Å². The summed E-state index contributed by atoms with van der Waals surface area (Å²) in [5.74, 6) is 0.762. The van der Waals surface area contributed by atoms with Crippen LogP contribution < -0.4 is 16.0 Å². The van der Waals surface area contributed by atoms with Crippen molar-refractivity contribution < 1.29 is 4.74 Å². The summed E-state index contributed by atoms with van der Waals surface area (Å²) in [5.41, 5.74) is 0.816. The van der Waals surface area contributed by atoms with Gasteiger partial charge in [0.1, 0.15) is 5.75 Å². The van der Waals surface area contributed by atoms with Crippen molar-refractivity contribution in [1.29, 1.82) is 0 Å². The number of aromatic nitrogens is 3. The van der Waals surface area contributed by atoms with E-state index in [1.807, 2.05) is 41.1 Å². The lowest BCUT2D eigenvalue weighted by molar-refractivity contribution is 0.415. The zero-order valence-corrected chi connectivity index (χ0v) is 13.0. The molecule has 1 aromatic carbocycles. The summed E-state index contributed by atoms with van der Waals surface area (Å²) in [6.45, 7) is 0. The first kappa shape index (κ1) is 13.6. The summed E-state index contributed by atoms with van der Waals surface area (Å²) in [7, 11) is 4.80. The van der Waals surface area contributed by atoms with Crippen LogP contribution in [0, 0.1) is 0 Å². The predicted molar refractivity (Wildman–Crippen MR) is 89.4 cm³/mol. The van der Waals surface area contributed by atoms with Crippen LogP contribution in [-0.2, 0) is 14.1 Å². The molecule has 6 nitrogen and oxygen atoms in total. The van der Waals surface area contributed by atoms with Crippen molar-refractivity contribution in [3.05, 3.63) is 57.5 Å². The van der Waals surface area contributed by atoms with E-state index in [9.17, 15) is 9.59 Å². The Hall–Kier alpha value is -3.02. The Morgan fingerprint density at radius 1 is 1.04 bits per heavy atom. The maximum Gasteiger partial charge on any atom is 0.330 e. The maximum absolute atomic E-state index is 12.7. The van der Waals surface area contributed by atoms with Crippen LogP contribution in [0.3, 0.4) is 0 Å². The molecule has 0 bridgehead atoms. The van der Waals surface area contributed by atoms with Crippen molar-refractivity contribution >= 4 is 27.2 Å². The Labute approximate surface area is 130 Å². The average molecular weight is 309 g/mol. The van der Waals surface area contributed by atoms with Crippen molar-refractivity contribution in [2.75, 3.05) is 7.11 Å². The van der Waals surface area contributed by atoms with Gasteiger partial charge < -0.3 is 9.14 Å². The smallest absolute Gasteiger partial charge is 0.330 e. The second-order valence-electron chi connectivity index (χ2n) is 5.62. The van der Waals surface area contributed by atoms with E-state index in [4.69, 9.17) is 4.74 Å². The van der Waals surface area contributed by atoms with Crippen molar-refractivity contribution in [1.82, 2.24) is 13.5 Å². The van der Waals surface area contributed by atoms with Gasteiger partial charge >= 0.3 is 5.69 Å². The zero-order chi connectivity index (χ0) is 16.3. The molecule has 23 heavy (non-hydrogen) atoms. The van der Waals surface area contributed by atoms with Crippen LogP contribution in [0.25, 0.3) is 27.2 Å². The van der Waals surface area contributed by atoms with Crippen molar-refractivity contribution in [3.63, 3.8) is 0 Å². The van der Waals surface area contributed by atoms with Gasteiger partial charge in [-0.3, -0.25) is 13.9 Å². The minimum atomic E-state index is -0.329. The summed E-state index contributed by atoms with van der Waals surface area (Å²) in [6, 6.07) is 7.70. The number of aryl methyl sites for hydroxylation is 1. The van der Waals surface area contributed by atoms with E-state index in [-0.39, 0.29) is 11.2 Å². The average Bonchev–Trinajstić information content (AvgIpc) is 2.97. The highest BCUT2D eigenvalue weighted by atomic mass is 16.5. The van der Waals surface area contributed by atoms with Gasteiger partial charge in [0.25, 0.3) is 5.56 Å². The largest absolute Gasteiger partial charge is 0.497 e. The Morgan fingerprint density at radius 3 is 2.57 bits per heavy atom. The third-order valence-corrected chi connectivity index (χ3v) is 4.39. The lowest BCUT2D eigenvalue weighted by atomic mass is 10.1. The molecule has 6 heteroatoms. The van der Waals surface area contributed by atoms with E-state index in [0.29, 0.717) is 10.9 Å². The molecule has 0 aliphatic rings. The first-order chi connectivity index (χ1) is 11.0. The molecule has 0 atom stereocenters. The molecule has 4 rings (SSSR count). The molecule has 3 aromatic heterocycles. The van der Waals surface area contributed by atoms with Crippen LogP contribution in [0.1, 0.15) is 0 Å². The number of hydrogen-bond donors (Lipinski definition) is 0. The molecule has 0 unspecified atom stereocenters. The molecular weight excluding hydrogens is 294 g/mol. The zero-order valence-electron chi connectivity index (χ0n) is 13.0. The Morgan fingerprint density at radius 2 is 1.83 bits per heavy atom. The highest BCUT2D eigenvalue weighted by Crippen LogP contribution is 2.28. The molecule has 0 aliphatic carbocycles. The number of nitrogens with zero attached hydrogens (tertiary/aromatic N) is 3. The molecule has 0 saturated carbocycles. The normalized spacial score (nSPS) is 11.6. The van der Waals surface area contributed by atoms with E-state index in [1.165, 1.54) is 11.6 Å². The highest BCUT2D eigenvalue weighted by Gasteiger charge is 2.15. The lowest BCUT2D eigenvalue weighted by Gasteiger charge is -2.06. The number of benzene rings is 1. The monoisotopic (exact) mass is 309 g/mol. The van der Waals surface area contributed by atoms with Crippen molar-refractivity contribution in [3.8, 4) is 5.75 Å². The standard InChI is InChI=1S/C17H15N3O3/c1-18-13-9-20-7-6-10-8-11(23-3)4-5-12(10)15(20)14(13)16(21)19(2)17(18)22/h4-9H,1-3H3. The quantitative estimate of drug-likeness (QED) is 0.537. The van der Waals surface area contributed by atoms with Crippen LogP contribution in [0.4, 0.5) is 0 Å². The highest BCUT2D eigenvalue weighted by molar-refractivity contribution is 6.09. The molecule has 0 amide bonds. The lowest BCUT2D eigenvalue weighted by Crippen LogP contribution is -2.36. The topological polar surface area (TPSA) is 57.6 Å². The van der Waals surface area contributed by atoms with Gasteiger partial charge in [-0.05, 0) is 29.7 Å². The Kier molecular flexibility index (Phi) is 2.66. The molecule has 0 saturated heterocycles. The Balaban J connectivity index is 2.33. The number of methoxy groups -OCH3 is 1.